The Morgan fingerprint density at radius 1 is 1.00 bits per heavy atom. The molecule has 2 atom stereocenters. The molecule has 0 spiro atoms. The summed E-state index contributed by atoms with van der Waals surface area (Å²) >= 11 is 0. The van der Waals surface area contributed by atoms with E-state index in [1.807, 2.05) is 37.3 Å². The van der Waals surface area contributed by atoms with Gasteiger partial charge in [0.1, 0.15) is 23.6 Å². The first-order valence-corrected chi connectivity index (χ1v) is 10.3. The van der Waals surface area contributed by atoms with Gasteiger partial charge in [-0.25, -0.2) is 4.79 Å². The molecule has 6 heteroatoms. The summed E-state index contributed by atoms with van der Waals surface area (Å²) in [5.74, 6) is 0.870. The van der Waals surface area contributed by atoms with E-state index in [1.54, 1.807) is 27.7 Å². The van der Waals surface area contributed by atoms with Crippen molar-refractivity contribution in [1.29, 1.82) is 0 Å². The molecule has 0 fully saturated rings. The Morgan fingerprint density at radius 2 is 1.60 bits per heavy atom. The molecule has 0 aliphatic rings. The van der Waals surface area contributed by atoms with E-state index in [4.69, 9.17) is 15.2 Å². The van der Waals surface area contributed by atoms with Gasteiger partial charge in [-0.2, -0.15) is 0 Å². The molecule has 166 valence electrons. The maximum Gasteiger partial charge on any atom is 0.405 e. The number of rotatable bonds is 6. The second-order valence-electron chi connectivity index (χ2n) is 8.39. The summed E-state index contributed by atoms with van der Waals surface area (Å²) in [7, 11) is 0. The van der Waals surface area contributed by atoms with Gasteiger partial charge in [0, 0.05) is 11.8 Å². The van der Waals surface area contributed by atoms with Crippen LogP contribution in [-0.4, -0.2) is 29.9 Å². The quantitative estimate of drug-likeness (QED) is 0.630. The van der Waals surface area contributed by atoms with Gasteiger partial charge in [0.25, 0.3) is 0 Å². The van der Waals surface area contributed by atoms with Crippen molar-refractivity contribution in [1.82, 2.24) is 0 Å². The molecule has 2 N–H and O–H groups in total. The van der Waals surface area contributed by atoms with E-state index >= 15 is 0 Å². The van der Waals surface area contributed by atoms with Crippen LogP contribution in [0.4, 0.5) is 4.79 Å². The van der Waals surface area contributed by atoms with E-state index in [-0.39, 0.29) is 24.1 Å². The highest BCUT2D eigenvalue weighted by Crippen LogP contribution is 2.28. The van der Waals surface area contributed by atoms with Gasteiger partial charge >= 0.3 is 12.1 Å². The molecule has 2 rings (SSSR count). The molecule has 0 aliphatic carbocycles. The van der Waals surface area contributed by atoms with Crippen LogP contribution in [0.25, 0.3) is 10.8 Å². The highest BCUT2D eigenvalue weighted by Gasteiger charge is 2.26. The molecule has 0 aromatic heterocycles. The molecule has 30 heavy (non-hydrogen) atoms. The van der Waals surface area contributed by atoms with Crippen LogP contribution in [0.2, 0.25) is 0 Å². The van der Waals surface area contributed by atoms with Crippen LogP contribution in [0, 0.1) is 5.92 Å². The topological polar surface area (TPSA) is 87.9 Å². The molecule has 2 aromatic carbocycles. The molecule has 1 amide bonds. The molecule has 0 heterocycles. The van der Waals surface area contributed by atoms with Gasteiger partial charge in [-0.05, 0) is 45.1 Å². The van der Waals surface area contributed by atoms with Crippen molar-refractivity contribution < 1.29 is 23.8 Å². The first kappa shape index (κ1) is 25.3. The standard InChI is InChI=1S/C19H24O3.C5H11NO2/c1-5-18(20)21-14(4)19(13(2)3)22-17-12-8-10-15-9-6-7-11-16(15)17;1-5(2,3)8-4(6)7/h6-14,19H,5H2,1-4H3;1-3H3,(H2,6,7)/t14?,19-;/m1./s1. The van der Waals surface area contributed by atoms with Crippen molar-refractivity contribution in [3.63, 3.8) is 0 Å². The van der Waals surface area contributed by atoms with Crippen LogP contribution in [0.5, 0.6) is 5.75 Å². The third kappa shape index (κ3) is 8.72. The van der Waals surface area contributed by atoms with E-state index in [9.17, 15) is 9.59 Å². The summed E-state index contributed by atoms with van der Waals surface area (Å²) < 4.78 is 16.2. The second-order valence-corrected chi connectivity index (χ2v) is 8.39. The minimum absolute atomic E-state index is 0.179. The average Bonchev–Trinajstić information content (AvgIpc) is 2.64. The summed E-state index contributed by atoms with van der Waals surface area (Å²) in [4.78, 5) is 21.6. The maximum absolute atomic E-state index is 11.5. The Hall–Kier alpha value is -2.76. The number of carbonyl (C=O) groups is 2. The molecule has 0 aliphatic heterocycles. The first-order chi connectivity index (χ1) is 13.9. The zero-order valence-electron chi connectivity index (χ0n) is 19.1. The van der Waals surface area contributed by atoms with Crippen molar-refractivity contribution in [3.05, 3.63) is 42.5 Å². The Labute approximate surface area is 179 Å². The fraction of sp³-hybridized carbons (Fsp3) is 0.500. The lowest BCUT2D eigenvalue weighted by molar-refractivity contribution is -0.153. The van der Waals surface area contributed by atoms with Crippen molar-refractivity contribution in [2.24, 2.45) is 11.7 Å². The maximum atomic E-state index is 11.5. The fourth-order valence-electron chi connectivity index (χ4n) is 2.88. The third-order valence-corrected chi connectivity index (χ3v) is 4.15. The van der Waals surface area contributed by atoms with Crippen LogP contribution in [0.1, 0.15) is 54.9 Å². The molecule has 1 unspecified atom stereocenters. The molecular formula is C24H35NO5. The predicted octanol–water partition coefficient (Wildman–Crippen LogP) is 5.47. The molecule has 0 bridgehead atoms. The smallest absolute Gasteiger partial charge is 0.405 e. The minimum Gasteiger partial charge on any atom is -0.486 e. The Bertz CT molecular complexity index is 820. The van der Waals surface area contributed by atoms with Crippen LogP contribution in [0.15, 0.2) is 42.5 Å². The van der Waals surface area contributed by atoms with Crippen LogP contribution in [0.3, 0.4) is 0 Å². The number of carbonyl (C=O) groups excluding carboxylic acids is 2. The lowest BCUT2D eigenvalue weighted by Crippen LogP contribution is -2.37. The van der Waals surface area contributed by atoms with Crippen molar-refractivity contribution >= 4 is 22.8 Å². The van der Waals surface area contributed by atoms with E-state index < -0.39 is 11.7 Å². The van der Waals surface area contributed by atoms with Gasteiger partial charge in [-0.1, -0.05) is 57.2 Å². The molecule has 0 radical (unpaired) electrons. The minimum atomic E-state index is -0.725. The highest BCUT2D eigenvalue weighted by molar-refractivity contribution is 5.88. The molecular weight excluding hydrogens is 382 g/mol. The summed E-state index contributed by atoms with van der Waals surface area (Å²) in [5.41, 5.74) is 4.26. The fourth-order valence-corrected chi connectivity index (χ4v) is 2.88. The summed E-state index contributed by atoms with van der Waals surface area (Å²) in [5, 5.41) is 2.21. The summed E-state index contributed by atoms with van der Waals surface area (Å²) in [6, 6.07) is 14.1. The number of fused-ring (bicyclic) bond motifs is 1. The predicted molar refractivity (Wildman–Crippen MR) is 119 cm³/mol. The van der Waals surface area contributed by atoms with Crippen molar-refractivity contribution in [2.45, 2.75) is 72.7 Å². The molecule has 2 aromatic rings. The van der Waals surface area contributed by atoms with Crippen LogP contribution in [-0.2, 0) is 14.3 Å². The number of benzene rings is 2. The molecule has 0 saturated carbocycles. The zero-order chi connectivity index (χ0) is 22.9. The largest absolute Gasteiger partial charge is 0.486 e. The molecule has 6 nitrogen and oxygen atoms in total. The normalized spacial score (nSPS) is 13.1. The van der Waals surface area contributed by atoms with Crippen LogP contribution >= 0.6 is 0 Å². The average molecular weight is 418 g/mol. The Balaban J connectivity index is 0.000000479. The zero-order valence-corrected chi connectivity index (χ0v) is 19.1. The monoisotopic (exact) mass is 417 g/mol. The van der Waals surface area contributed by atoms with E-state index in [0.29, 0.717) is 6.42 Å². The molecule has 0 saturated heterocycles. The van der Waals surface area contributed by atoms with Gasteiger partial charge in [-0.3, -0.25) is 4.79 Å². The summed E-state index contributed by atoms with van der Waals surface area (Å²) in [6.07, 6.45) is -0.811. The first-order valence-electron chi connectivity index (χ1n) is 10.3. The lowest BCUT2D eigenvalue weighted by Gasteiger charge is -2.28. The Kier molecular flexibility index (Phi) is 9.63. The van der Waals surface area contributed by atoms with Gasteiger partial charge in [0.05, 0.1) is 0 Å². The van der Waals surface area contributed by atoms with Crippen molar-refractivity contribution in [3.8, 4) is 5.75 Å². The van der Waals surface area contributed by atoms with E-state index in [1.165, 1.54) is 0 Å². The number of esters is 1. The van der Waals surface area contributed by atoms with E-state index in [2.05, 4.69) is 30.7 Å². The number of ether oxygens (including phenoxy) is 3. The number of nitrogens with two attached hydrogens (primary N) is 1. The number of hydrogen-bond acceptors (Lipinski definition) is 5. The summed E-state index contributed by atoms with van der Waals surface area (Å²) in [6.45, 7) is 13.1. The lowest BCUT2D eigenvalue weighted by atomic mass is 10.0. The van der Waals surface area contributed by atoms with Gasteiger partial charge < -0.3 is 19.9 Å². The van der Waals surface area contributed by atoms with Gasteiger partial charge in [-0.15, -0.1) is 0 Å². The SMILES string of the molecule is CC(C)(C)OC(N)=O.CCC(=O)OC(C)[C@H](Oc1cccc2ccccc12)C(C)C. The number of amides is 1. The number of hydrogen-bond donors (Lipinski definition) is 1. The van der Waals surface area contributed by atoms with E-state index in [0.717, 1.165) is 16.5 Å². The Morgan fingerprint density at radius 3 is 2.10 bits per heavy atom. The van der Waals surface area contributed by atoms with Gasteiger partial charge in [0.2, 0.25) is 0 Å². The van der Waals surface area contributed by atoms with Crippen molar-refractivity contribution in [2.75, 3.05) is 0 Å². The third-order valence-electron chi connectivity index (χ3n) is 4.15. The highest BCUT2D eigenvalue weighted by atomic mass is 16.6. The second kappa shape index (κ2) is 11.4. The number of primary amides is 1. The van der Waals surface area contributed by atoms with Gasteiger partial charge in [0.15, 0.2) is 0 Å². The van der Waals surface area contributed by atoms with Crippen LogP contribution < -0.4 is 10.5 Å².